The molecule has 0 fully saturated rings. The van der Waals surface area contributed by atoms with Crippen molar-refractivity contribution in [3.63, 3.8) is 0 Å². The van der Waals surface area contributed by atoms with Gasteiger partial charge in [0.1, 0.15) is 30.3 Å². The Kier molecular flexibility index (Phi) is 6.33. The third-order valence-corrected chi connectivity index (χ3v) is 5.45. The van der Waals surface area contributed by atoms with Crippen molar-refractivity contribution in [2.75, 3.05) is 18.5 Å². The summed E-state index contributed by atoms with van der Waals surface area (Å²) in [6.45, 7) is 6.65. The van der Waals surface area contributed by atoms with Crippen LogP contribution in [0.3, 0.4) is 0 Å². The number of ether oxygens (including phenoxy) is 3. The van der Waals surface area contributed by atoms with Crippen molar-refractivity contribution in [3.05, 3.63) is 42.0 Å². The first-order valence-electron chi connectivity index (χ1n) is 9.56. The van der Waals surface area contributed by atoms with Crippen LogP contribution in [-0.4, -0.2) is 44.5 Å². The summed E-state index contributed by atoms with van der Waals surface area (Å²) in [5.41, 5.74) is 0.134. The molecule has 1 heterocycles. The number of phenols is 1. The van der Waals surface area contributed by atoms with Gasteiger partial charge in [-0.15, -0.1) is 0 Å². The lowest BCUT2D eigenvalue weighted by atomic mass is 10.2. The number of carbonyl (C=O) groups excluding carboxylic acids is 1. The maximum atomic E-state index is 12.4. The zero-order chi connectivity index (χ0) is 22.8. The average Bonchev–Trinajstić information content (AvgIpc) is 2.67. The van der Waals surface area contributed by atoms with Gasteiger partial charge in [-0.05, 0) is 52.0 Å². The molecule has 1 atom stereocenters. The number of nitrogens with one attached hydrogen (secondary N) is 1. The predicted molar refractivity (Wildman–Crippen MR) is 112 cm³/mol. The fourth-order valence-corrected chi connectivity index (χ4v) is 3.65. The van der Waals surface area contributed by atoms with Crippen molar-refractivity contribution in [1.82, 2.24) is 0 Å². The highest BCUT2D eigenvalue weighted by molar-refractivity contribution is 7.86. The lowest BCUT2D eigenvalue weighted by molar-refractivity contribution is 0.0549. The van der Waals surface area contributed by atoms with Crippen LogP contribution < -0.4 is 14.8 Å². The van der Waals surface area contributed by atoms with Gasteiger partial charge in [0, 0.05) is 0 Å². The fraction of sp³-hybridized carbons (Fsp3) is 0.381. The zero-order valence-electron chi connectivity index (χ0n) is 17.7. The monoisotopic (exact) mass is 451 g/mol. The molecule has 2 aromatic carbocycles. The van der Waals surface area contributed by atoms with Crippen molar-refractivity contribution in [1.29, 1.82) is 0 Å². The first kappa shape index (κ1) is 22.7. The van der Waals surface area contributed by atoms with E-state index in [9.17, 15) is 18.3 Å². The number of aromatic hydroxyl groups is 1. The summed E-state index contributed by atoms with van der Waals surface area (Å²) in [5.74, 6) is 0.0713. The Labute approximate surface area is 181 Å². The maximum Gasteiger partial charge on any atom is 0.412 e. The second-order valence-electron chi connectivity index (χ2n) is 8.02. The summed E-state index contributed by atoms with van der Waals surface area (Å²) in [5, 5.41) is 12.6. The highest BCUT2D eigenvalue weighted by Gasteiger charge is 2.29. The van der Waals surface area contributed by atoms with E-state index in [1.54, 1.807) is 32.9 Å². The van der Waals surface area contributed by atoms with Gasteiger partial charge in [-0.1, -0.05) is 17.7 Å². The number of carbonyl (C=O) groups is 1. The van der Waals surface area contributed by atoms with Gasteiger partial charge in [0.2, 0.25) is 0 Å². The quantitative estimate of drug-likeness (QED) is 0.523. The number of phenolic OH excluding ortho intramolecular Hbond substituents is 1. The van der Waals surface area contributed by atoms with E-state index in [0.29, 0.717) is 0 Å². The van der Waals surface area contributed by atoms with Crippen LogP contribution in [0, 0.1) is 6.92 Å². The molecule has 1 amide bonds. The van der Waals surface area contributed by atoms with Gasteiger partial charge in [0.25, 0.3) is 10.1 Å². The summed E-state index contributed by atoms with van der Waals surface area (Å²) in [6.07, 6.45) is -1.59. The number of rotatable bonds is 5. The van der Waals surface area contributed by atoms with Gasteiger partial charge < -0.3 is 19.3 Å². The van der Waals surface area contributed by atoms with Gasteiger partial charge in [0.15, 0.2) is 17.6 Å². The first-order chi connectivity index (χ1) is 14.4. The van der Waals surface area contributed by atoms with Crippen molar-refractivity contribution in [2.24, 2.45) is 0 Å². The maximum absolute atomic E-state index is 12.4. The van der Waals surface area contributed by atoms with Gasteiger partial charge in [-0.3, -0.25) is 9.50 Å². The Morgan fingerprint density at radius 3 is 2.52 bits per heavy atom. The molecule has 1 aliphatic rings. The number of benzene rings is 2. The molecular formula is C21H25NO8S. The summed E-state index contributed by atoms with van der Waals surface area (Å²) < 4.78 is 46.5. The molecule has 0 bridgehead atoms. The van der Waals surface area contributed by atoms with Crippen LogP contribution in [0.5, 0.6) is 17.2 Å². The average molecular weight is 451 g/mol. The number of amides is 1. The molecule has 0 spiro atoms. The summed E-state index contributed by atoms with van der Waals surface area (Å²) in [7, 11) is -3.99. The molecule has 10 heteroatoms. The third kappa shape index (κ3) is 5.80. The van der Waals surface area contributed by atoms with Crippen molar-refractivity contribution >= 4 is 21.9 Å². The van der Waals surface area contributed by atoms with E-state index < -0.39 is 27.9 Å². The van der Waals surface area contributed by atoms with E-state index in [0.717, 1.165) is 5.56 Å². The van der Waals surface area contributed by atoms with E-state index in [4.69, 9.17) is 18.4 Å². The lowest BCUT2D eigenvalue weighted by Crippen LogP contribution is -2.35. The van der Waals surface area contributed by atoms with E-state index in [2.05, 4.69) is 5.32 Å². The normalized spacial score (nSPS) is 15.9. The Bertz CT molecular complexity index is 1060. The minimum Gasteiger partial charge on any atom is -0.506 e. The van der Waals surface area contributed by atoms with Crippen LogP contribution in [0.2, 0.25) is 0 Å². The van der Waals surface area contributed by atoms with Crippen molar-refractivity contribution in [2.45, 2.75) is 44.3 Å². The fourth-order valence-electron chi connectivity index (χ4n) is 2.71. The van der Waals surface area contributed by atoms with E-state index in [-0.39, 0.29) is 41.0 Å². The minimum absolute atomic E-state index is 0.0209. The largest absolute Gasteiger partial charge is 0.506 e. The first-order valence-corrected chi connectivity index (χ1v) is 11.0. The van der Waals surface area contributed by atoms with Crippen LogP contribution in [0.25, 0.3) is 0 Å². The van der Waals surface area contributed by atoms with Crippen LogP contribution in [0.4, 0.5) is 10.5 Å². The molecule has 0 saturated carbocycles. The van der Waals surface area contributed by atoms with Crippen LogP contribution in [0.1, 0.15) is 26.3 Å². The molecule has 0 aliphatic carbocycles. The molecule has 1 unspecified atom stereocenters. The lowest BCUT2D eigenvalue weighted by Gasteiger charge is -2.28. The van der Waals surface area contributed by atoms with Crippen LogP contribution in [0.15, 0.2) is 41.3 Å². The van der Waals surface area contributed by atoms with Gasteiger partial charge in [-0.2, -0.15) is 8.42 Å². The van der Waals surface area contributed by atoms with Gasteiger partial charge >= 0.3 is 6.09 Å². The number of hydrogen-bond acceptors (Lipinski definition) is 8. The van der Waals surface area contributed by atoms with E-state index >= 15 is 0 Å². The van der Waals surface area contributed by atoms with Crippen molar-refractivity contribution in [3.8, 4) is 17.2 Å². The van der Waals surface area contributed by atoms with Gasteiger partial charge in [0.05, 0.1) is 4.90 Å². The molecule has 1 aliphatic heterocycles. The molecule has 2 N–H and O–H groups in total. The Hall–Kier alpha value is -2.98. The number of fused-ring (bicyclic) bond motifs is 1. The molecular weight excluding hydrogens is 426 g/mol. The molecule has 3 rings (SSSR count). The highest BCUT2D eigenvalue weighted by Crippen LogP contribution is 2.44. The standard InChI is InChI=1S/C21H25NO8S/c1-13-5-7-15(8-6-13)31(25,26)28-12-14-11-27-17-10-9-16(23)18(19(17)29-14)22-20(24)30-21(2,3)4/h5-10,14,23H,11-12H2,1-4H3,(H,22,24). The summed E-state index contributed by atoms with van der Waals surface area (Å²) in [6, 6.07) is 9.07. The molecule has 0 radical (unpaired) electrons. The molecule has 9 nitrogen and oxygen atoms in total. The summed E-state index contributed by atoms with van der Waals surface area (Å²) in [4.78, 5) is 12.2. The van der Waals surface area contributed by atoms with Crippen molar-refractivity contribution < 1.29 is 36.7 Å². The molecule has 168 valence electrons. The number of hydrogen-bond donors (Lipinski definition) is 2. The highest BCUT2D eigenvalue weighted by atomic mass is 32.2. The Morgan fingerprint density at radius 1 is 1.19 bits per heavy atom. The Morgan fingerprint density at radius 2 is 1.87 bits per heavy atom. The van der Waals surface area contributed by atoms with E-state index in [1.807, 2.05) is 6.92 Å². The second-order valence-corrected chi connectivity index (χ2v) is 9.63. The molecule has 0 aromatic heterocycles. The number of anilines is 1. The van der Waals surface area contributed by atoms with Crippen LogP contribution >= 0.6 is 0 Å². The molecule has 0 saturated heterocycles. The Balaban J connectivity index is 1.72. The minimum atomic E-state index is -3.99. The second kappa shape index (κ2) is 8.64. The van der Waals surface area contributed by atoms with Crippen LogP contribution in [-0.2, 0) is 19.0 Å². The zero-order valence-corrected chi connectivity index (χ0v) is 18.5. The number of aryl methyl sites for hydroxylation is 1. The predicted octanol–water partition coefficient (Wildman–Crippen LogP) is 3.59. The van der Waals surface area contributed by atoms with E-state index in [1.165, 1.54) is 24.3 Å². The third-order valence-electron chi connectivity index (χ3n) is 4.15. The van der Waals surface area contributed by atoms with Gasteiger partial charge in [-0.25, -0.2) is 4.79 Å². The SMILES string of the molecule is Cc1ccc(S(=O)(=O)OCC2COc3ccc(O)c(NC(=O)OC(C)(C)C)c3O2)cc1. The topological polar surface area (TPSA) is 120 Å². The molecule has 2 aromatic rings. The smallest absolute Gasteiger partial charge is 0.412 e. The molecule has 31 heavy (non-hydrogen) atoms. The summed E-state index contributed by atoms with van der Waals surface area (Å²) >= 11 is 0.